The van der Waals surface area contributed by atoms with E-state index in [-0.39, 0.29) is 0 Å². The highest BCUT2D eigenvalue weighted by Gasteiger charge is 2.15. The van der Waals surface area contributed by atoms with Crippen molar-refractivity contribution < 1.29 is 0 Å². The normalized spacial score (nSPS) is 13.2. The van der Waals surface area contributed by atoms with Crippen LogP contribution in [-0.2, 0) is 6.54 Å². The average Bonchev–Trinajstić information content (AvgIpc) is 2.80. The zero-order valence-corrected chi connectivity index (χ0v) is 13.6. The number of nitrogens with zero attached hydrogens (tertiary/aromatic N) is 4. The summed E-state index contributed by atoms with van der Waals surface area (Å²) < 4.78 is 0. The molecule has 0 saturated carbocycles. The Balaban J connectivity index is 2.52. The third kappa shape index (κ3) is 5.84. The second-order valence-corrected chi connectivity index (χ2v) is 6.16. The molecule has 1 rings (SSSR count). The standard InChI is InChI=1S/C13H27N5S/c1-6-8-14-13-16-15-12(19-13)10-18(7-2)11(3)9-17(4)5/h11H,6-10H2,1-5H3,(H,14,16). The lowest BCUT2D eigenvalue weighted by Gasteiger charge is -2.28. The van der Waals surface area contributed by atoms with E-state index < -0.39 is 0 Å². The van der Waals surface area contributed by atoms with Gasteiger partial charge in [0.25, 0.3) is 0 Å². The highest BCUT2D eigenvalue weighted by Crippen LogP contribution is 2.17. The lowest BCUT2D eigenvalue weighted by molar-refractivity contribution is 0.174. The van der Waals surface area contributed by atoms with E-state index in [0.717, 1.165) is 42.7 Å². The molecule has 1 heterocycles. The second-order valence-electron chi connectivity index (χ2n) is 5.10. The lowest BCUT2D eigenvalue weighted by Crippen LogP contribution is -2.39. The molecule has 110 valence electrons. The Morgan fingerprint density at radius 3 is 2.58 bits per heavy atom. The summed E-state index contributed by atoms with van der Waals surface area (Å²) in [6.07, 6.45) is 1.11. The van der Waals surface area contributed by atoms with E-state index in [2.05, 4.69) is 60.2 Å². The first-order valence-electron chi connectivity index (χ1n) is 7.01. The molecule has 0 aliphatic carbocycles. The van der Waals surface area contributed by atoms with Gasteiger partial charge in [0.2, 0.25) is 5.13 Å². The predicted octanol–water partition coefficient (Wildman–Crippen LogP) is 2.13. The van der Waals surface area contributed by atoms with Crippen molar-refractivity contribution in [3.05, 3.63) is 5.01 Å². The molecule has 0 aliphatic heterocycles. The molecular weight excluding hydrogens is 258 g/mol. The van der Waals surface area contributed by atoms with E-state index in [1.54, 1.807) is 11.3 Å². The van der Waals surface area contributed by atoms with Gasteiger partial charge in [-0.3, -0.25) is 4.90 Å². The van der Waals surface area contributed by atoms with Crippen molar-refractivity contribution in [1.29, 1.82) is 0 Å². The molecule has 6 heteroatoms. The second kappa shape index (κ2) is 8.45. The highest BCUT2D eigenvalue weighted by atomic mass is 32.1. The lowest BCUT2D eigenvalue weighted by atomic mass is 10.2. The maximum Gasteiger partial charge on any atom is 0.205 e. The van der Waals surface area contributed by atoms with Gasteiger partial charge in [-0.2, -0.15) is 0 Å². The molecule has 0 aromatic carbocycles. The van der Waals surface area contributed by atoms with Gasteiger partial charge in [-0.1, -0.05) is 25.2 Å². The van der Waals surface area contributed by atoms with Crippen LogP contribution in [0.15, 0.2) is 0 Å². The molecule has 0 radical (unpaired) electrons. The SMILES string of the molecule is CCCNc1nnc(CN(CC)C(C)CN(C)C)s1. The zero-order chi connectivity index (χ0) is 14.3. The number of hydrogen-bond donors (Lipinski definition) is 1. The average molecular weight is 285 g/mol. The smallest absolute Gasteiger partial charge is 0.205 e. The molecule has 19 heavy (non-hydrogen) atoms. The fraction of sp³-hybridized carbons (Fsp3) is 0.846. The molecule has 0 saturated heterocycles. The van der Waals surface area contributed by atoms with Crippen LogP contribution >= 0.6 is 11.3 Å². The van der Waals surface area contributed by atoms with Crippen LogP contribution in [0.2, 0.25) is 0 Å². The molecular formula is C13H27N5S. The van der Waals surface area contributed by atoms with Gasteiger partial charge in [0, 0.05) is 19.1 Å². The summed E-state index contributed by atoms with van der Waals surface area (Å²) in [4.78, 5) is 4.66. The minimum Gasteiger partial charge on any atom is -0.360 e. The van der Waals surface area contributed by atoms with E-state index in [0.29, 0.717) is 6.04 Å². The number of hydrogen-bond acceptors (Lipinski definition) is 6. The van der Waals surface area contributed by atoms with Crippen LogP contribution in [0.1, 0.15) is 32.2 Å². The van der Waals surface area contributed by atoms with Gasteiger partial charge >= 0.3 is 0 Å². The van der Waals surface area contributed by atoms with E-state index in [1.807, 2.05) is 0 Å². The first kappa shape index (κ1) is 16.3. The van der Waals surface area contributed by atoms with Crippen LogP contribution in [0.25, 0.3) is 0 Å². The van der Waals surface area contributed by atoms with Crippen LogP contribution in [-0.4, -0.2) is 59.8 Å². The molecule has 0 bridgehead atoms. The van der Waals surface area contributed by atoms with E-state index in [1.165, 1.54) is 0 Å². The van der Waals surface area contributed by atoms with Gasteiger partial charge in [0.15, 0.2) is 0 Å². The summed E-state index contributed by atoms with van der Waals surface area (Å²) >= 11 is 1.66. The quantitative estimate of drug-likeness (QED) is 0.753. The van der Waals surface area contributed by atoms with Gasteiger partial charge in [-0.25, -0.2) is 0 Å². The van der Waals surface area contributed by atoms with Crippen LogP contribution in [0.3, 0.4) is 0 Å². The largest absolute Gasteiger partial charge is 0.360 e. The number of nitrogens with one attached hydrogen (secondary N) is 1. The monoisotopic (exact) mass is 285 g/mol. The Hall–Kier alpha value is -0.720. The fourth-order valence-electron chi connectivity index (χ4n) is 2.02. The Kier molecular flexibility index (Phi) is 7.27. The number of aromatic nitrogens is 2. The Morgan fingerprint density at radius 2 is 2.00 bits per heavy atom. The molecule has 1 unspecified atom stereocenters. The molecule has 1 aromatic rings. The fourth-order valence-corrected chi connectivity index (χ4v) is 2.81. The van der Waals surface area contributed by atoms with E-state index in [9.17, 15) is 0 Å². The molecule has 5 nitrogen and oxygen atoms in total. The van der Waals surface area contributed by atoms with Crippen molar-refractivity contribution in [3.63, 3.8) is 0 Å². The van der Waals surface area contributed by atoms with Gasteiger partial charge in [-0.15, -0.1) is 10.2 Å². The summed E-state index contributed by atoms with van der Waals surface area (Å²) in [6.45, 7) is 10.6. The maximum absolute atomic E-state index is 4.27. The topological polar surface area (TPSA) is 44.3 Å². The van der Waals surface area contributed by atoms with Crippen LogP contribution in [0.4, 0.5) is 5.13 Å². The van der Waals surface area contributed by atoms with Crippen molar-refractivity contribution >= 4 is 16.5 Å². The van der Waals surface area contributed by atoms with Gasteiger partial charge in [0.1, 0.15) is 5.01 Å². The van der Waals surface area contributed by atoms with Gasteiger partial charge in [-0.05, 0) is 34.0 Å². The number of anilines is 1. The molecule has 0 amide bonds. The third-order valence-corrected chi connectivity index (χ3v) is 3.86. The van der Waals surface area contributed by atoms with Crippen molar-refractivity contribution in [2.24, 2.45) is 0 Å². The van der Waals surface area contributed by atoms with Crippen LogP contribution in [0.5, 0.6) is 0 Å². The van der Waals surface area contributed by atoms with Gasteiger partial charge < -0.3 is 10.2 Å². The summed E-state index contributed by atoms with van der Waals surface area (Å²) in [5.74, 6) is 0. The first-order valence-corrected chi connectivity index (χ1v) is 7.83. The predicted molar refractivity (Wildman–Crippen MR) is 82.8 cm³/mol. The summed E-state index contributed by atoms with van der Waals surface area (Å²) in [5, 5.41) is 13.8. The van der Waals surface area contributed by atoms with Crippen molar-refractivity contribution in [1.82, 2.24) is 20.0 Å². The molecule has 1 atom stereocenters. The Bertz CT molecular complexity index is 353. The molecule has 0 fully saturated rings. The first-order chi connectivity index (χ1) is 9.06. The minimum atomic E-state index is 0.524. The highest BCUT2D eigenvalue weighted by molar-refractivity contribution is 7.15. The Morgan fingerprint density at radius 1 is 1.26 bits per heavy atom. The van der Waals surface area contributed by atoms with E-state index in [4.69, 9.17) is 0 Å². The van der Waals surface area contributed by atoms with Crippen molar-refractivity contribution in [2.45, 2.75) is 39.8 Å². The zero-order valence-electron chi connectivity index (χ0n) is 12.8. The van der Waals surface area contributed by atoms with Crippen molar-refractivity contribution in [3.8, 4) is 0 Å². The van der Waals surface area contributed by atoms with Crippen molar-refractivity contribution in [2.75, 3.05) is 39.0 Å². The van der Waals surface area contributed by atoms with E-state index >= 15 is 0 Å². The molecule has 1 N–H and O–H groups in total. The molecule has 1 aromatic heterocycles. The molecule has 0 aliphatic rings. The van der Waals surface area contributed by atoms with Crippen LogP contribution in [0, 0.1) is 0 Å². The Labute approximate surface area is 121 Å². The molecule has 0 spiro atoms. The van der Waals surface area contributed by atoms with Crippen LogP contribution < -0.4 is 5.32 Å². The summed E-state index contributed by atoms with van der Waals surface area (Å²) in [7, 11) is 4.23. The number of rotatable bonds is 9. The third-order valence-electron chi connectivity index (χ3n) is 2.99. The van der Waals surface area contributed by atoms with Gasteiger partial charge in [0.05, 0.1) is 6.54 Å². The maximum atomic E-state index is 4.27. The summed E-state index contributed by atoms with van der Waals surface area (Å²) in [5.41, 5.74) is 0. The summed E-state index contributed by atoms with van der Waals surface area (Å²) in [6, 6.07) is 0.524. The number of likely N-dealkylation sites (N-methyl/N-ethyl adjacent to an activating group) is 2. The minimum absolute atomic E-state index is 0.524.